The monoisotopic (exact) mass is 415 g/mol. The van der Waals surface area contributed by atoms with Crippen LogP contribution in [0.25, 0.3) is 0 Å². The van der Waals surface area contributed by atoms with Gasteiger partial charge in [-0.15, -0.1) is 22.0 Å². The summed E-state index contributed by atoms with van der Waals surface area (Å²) >= 11 is 8.13. The molecule has 0 aliphatic carbocycles. The van der Waals surface area contributed by atoms with E-state index in [1.807, 2.05) is 61.5 Å². The molecular formula is C18H17N5OS3. The minimum absolute atomic E-state index is 0.115. The number of benzene rings is 2. The second kappa shape index (κ2) is 9.45. The van der Waals surface area contributed by atoms with Crippen molar-refractivity contribution in [2.75, 3.05) is 21.7 Å². The predicted molar refractivity (Wildman–Crippen MR) is 117 cm³/mol. The Morgan fingerprint density at radius 3 is 2.52 bits per heavy atom. The van der Waals surface area contributed by atoms with Gasteiger partial charge in [-0.25, -0.2) is 0 Å². The second-order valence-corrected chi connectivity index (χ2v) is 8.07. The van der Waals surface area contributed by atoms with Crippen LogP contribution in [0.1, 0.15) is 5.01 Å². The lowest BCUT2D eigenvalue weighted by Gasteiger charge is -2.11. The van der Waals surface area contributed by atoms with E-state index >= 15 is 0 Å². The third-order valence-corrected chi connectivity index (χ3v) is 5.22. The maximum Gasteiger partial charge on any atom is 0.236 e. The Balaban J connectivity index is 1.50. The van der Waals surface area contributed by atoms with Crippen molar-refractivity contribution in [3.8, 4) is 0 Å². The summed E-state index contributed by atoms with van der Waals surface area (Å²) in [6, 6.07) is 17.5. The van der Waals surface area contributed by atoms with Gasteiger partial charge in [0.1, 0.15) is 5.01 Å². The van der Waals surface area contributed by atoms with Crippen molar-refractivity contribution in [3.05, 3.63) is 59.6 Å². The molecule has 3 N–H and O–H groups in total. The number of aromatic nitrogens is 2. The Labute approximate surface area is 170 Å². The van der Waals surface area contributed by atoms with Gasteiger partial charge < -0.3 is 10.6 Å². The zero-order valence-corrected chi connectivity index (χ0v) is 16.9. The van der Waals surface area contributed by atoms with Gasteiger partial charge in [-0.05, 0) is 49.5 Å². The lowest BCUT2D eigenvalue weighted by atomic mass is 10.3. The van der Waals surface area contributed by atoms with Crippen molar-refractivity contribution in [1.82, 2.24) is 10.2 Å². The van der Waals surface area contributed by atoms with Crippen LogP contribution < -0.4 is 16.0 Å². The van der Waals surface area contributed by atoms with Gasteiger partial charge in [0.15, 0.2) is 5.11 Å². The van der Waals surface area contributed by atoms with Gasteiger partial charge in [-0.3, -0.25) is 10.1 Å². The van der Waals surface area contributed by atoms with Gasteiger partial charge >= 0.3 is 0 Å². The molecule has 0 aliphatic heterocycles. The van der Waals surface area contributed by atoms with Crippen LogP contribution in [0.5, 0.6) is 0 Å². The number of carbonyl (C=O) groups excluding carboxylic acids is 1. The van der Waals surface area contributed by atoms with Crippen LogP contribution >= 0.6 is 35.3 Å². The third-order valence-electron chi connectivity index (χ3n) is 3.27. The van der Waals surface area contributed by atoms with Crippen molar-refractivity contribution < 1.29 is 4.79 Å². The van der Waals surface area contributed by atoms with E-state index in [0.29, 0.717) is 10.2 Å². The maximum absolute atomic E-state index is 12.0. The Bertz CT molecular complexity index is 930. The molecule has 1 amide bonds. The molecule has 0 spiro atoms. The fourth-order valence-corrected chi connectivity index (χ4v) is 3.73. The van der Waals surface area contributed by atoms with Crippen molar-refractivity contribution in [2.45, 2.75) is 11.8 Å². The fourth-order valence-electron chi connectivity index (χ4n) is 2.13. The van der Waals surface area contributed by atoms with Crippen molar-refractivity contribution in [3.63, 3.8) is 0 Å². The smallest absolute Gasteiger partial charge is 0.236 e. The standard InChI is InChI=1S/C18H17N5OS3/c1-12-22-23-18(27-12)21-16(24)11-26-15-9-5-8-14(10-15)20-17(25)19-13-6-3-2-4-7-13/h2-10H,11H2,1H3,(H2,19,20,25)(H,21,23,24). The zero-order valence-electron chi connectivity index (χ0n) is 14.4. The number of para-hydroxylation sites is 1. The second-order valence-electron chi connectivity index (χ2n) is 5.44. The van der Waals surface area contributed by atoms with E-state index in [0.717, 1.165) is 21.3 Å². The summed E-state index contributed by atoms with van der Waals surface area (Å²) in [7, 11) is 0. The maximum atomic E-state index is 12.0. The largest absolute Gasteiger partial charge is 0.332 e. The number of rotatable bonds is 6. The van der Waals surface area contributed by atoms with E-state index in [1.165, 1.54) is 23.1 Å². The molecular weight excluding hydrogens is 398 g/mol. The van der Waals surface area contributed by atoms with Crippen LogP contribution in [0.3, 0.4) is 0 Å². The minimum atomic E-state index is -0.115. The van der Waals surface area contributed by atoms with Gasteiger partial charge in [-0.1, -0.05) is 35.6 Å². The number of hydrogen-bond acceptors (Lipinski definition) is 6. The van der Waals surface area contributed by atoms with E-state index in [-0.39, 0.29) is 11.7 Å². The quantitative estimate of drug-likeness (QED) is 0.407. The lowest BCUT2D eigenvalue weighted by molar-refractivity contribution is -0.113. The highest BCUT2D eigenvalue weighted by atomic mass is 32.2. The molecule has 9 heteroatoms. The summed E-state index contributed by atoms with van der Waals surface area (Å²) in [5.74, 6) is 0.171. The molecule has 27 heavy (non-hydrogen) atoms. The van der Waals surface area contributed by atoms with Gasteiger partial charge in [-0.2, -0.15) is 0 Å². The SMILES string of the molecule is Cc1nnc(NC(=O)CSc2cccc(NC(=S)Nc3ccccc3)c2)s1. The molecule has 138 valence electrons. The number of hydrogen-bond donors (Lipinski definition) is 3. The molecule has 0 unspecified atom stereocenters. The summed E-state index contributed by atoms with van der Waals surface area (Å²) in [6.07, 6.45) is 0. The van der Waals surface area contributed by atoms with Gasteiger partial charge in [0, 0.05) is 16.3 Å². The first-order valence-electron chi connectivity index (χ1n) is 8.04. The zero-order chi connectivity index (χ0) is 19.1. The third kappa shape index (κ3) is 6.31. The number of carbonyl (C=O) groups is 1. The van der Waals surface area contributed by atoms with E-state index in [2.05, 4.69) is 26.1 Å². The van der Waals surface area contributed by atoms with Crippen LogP contribution in [0.2, 0.25) is 0 Å². The molecule has 0 radical (unpaired) electrons. The van der Waals surface area contributed by atoms with Crippen LogP contribution in [0.4, 0.5) is 16.5 Å². The van der Waals surface area contributed by atoms with Crippen LogP contribution in [-0.4, -0.2) is 27.0 Å². The lowest BCUT2D eigenvalue weighted by Crippen LogP contribution is -2.19. The summed E-state index contributed by atoms with van der Waals surface area (Å²) in [5, 5.41) is 18.6. The highest BCUT2D eigenvalue weighted by molar-refractivity contribution is 8.00. The molecule has 0 saturated carbocycles. The molecule has 6 nitrogen and oxygen atoms in total. The van der Waals surface area contributed by atoms with Crippen molar-refractivity contribution >= 4 is 62.8 Å². The molecule has 0 bridgehead atoms. The van der Waals surface area contributed by atoms with Gasteiger partial charge in [0.25, 0.3) is 0 Å². The van der Waals surface area contributed by atoms with E-state index in [4.69, 9.17) is 12.2 Å². The van der Waals surface area contributed by atoms with Crippen LogP contribution in [0.15, 0.2) is 59.5 Å². The Kier molecular flexibility index (Phi) is 6.74. The number of nitrogens with zero attached hydrogens (tertiary/aromatic N) is 2. The molecule has 0 aliphatic rings. The first-order valence-corrected chi connectivity index (χ1v) is 10.3. The average molecular weight is 416 g/mol. The normalized spacial score (nSPS) is 10.3. The van der Waals surface area contributed by atoms with Crippen LogP contribution in [0, 0.1) is 6.92 Å². The summed E-state index contributed by atoms with van der Waals surface area (Å²) in [6.45, 7) is 1.84. The number of thiocarbonyl (C=S) groups is 1. The average Bonchev–Trinajstić information content (AvgIpc) is 3.06. The van der Waals surface area contributed by atoms with Gasteiger partial charge in [0.05, 0.1) is 5.75 Å². The van der Waals surface area contributed by atoms with Crippen molar-refractivity contribution in [2.24, 2.45) is 0 Å². The van der Waals surface area contributed by atoms with E-state index < -0.39 is 0 Å². The fraction of sp³-hybridized carbons (Fsp3) is 0.111. The van der Waals surface area contributed by atoms with E-state index in [9.17, 15) is 4.79 Å². The number of nitrogens with one attached hydrogen (secondary N) is 3. The summed E-state index contributed by atoms with van der Waals surface area (Å²) < 4.78 is 0. The molecule has 3 rings (SSSR count). The Morgan fingerprint density at radius 1 is 1.04 bits per heavy atom. The summed E-state index contributed by atoms with van der Waals surface area (Å²) in [5.41, 5.74) is 1.78. The van der Waals surface area contributed by atoms with Crippen LogP contribution in [-0.2, 0) is 4.79 Å². The first-order chi connectivity index (χ1) is 13.1. The first kappa shape index (κ1) is 19.3. The molecule has 2 aromatic carbocycles. The number of thioether (sulfide) groups is 1. The Hall–Kier alpha value is -2.49. The molecule has 0 fully saturated rings. The van der Waals surface area contributed by atoms with E-state index in [1.54, 1.807) is 0 Å². The Morgan fingerprint density at radius 2 is 1.78 bits per heavy atom. The molecule has 3 aromatic rings. The molecule has 1 heterocycles. The van der Waals surface area contributed by atoms with Crippen molar-refractivity contribution in [1.29, 1.82) is 0 Å². The topological polar surface area (TPSA) is 78.9 Å². The highest BCUT2D eigenvalue weighted by Crippen LogP contribution is 2.22. The number of anilines is 3. The highest BCUT2D eigenvalue weighted by Gasteiger charge is 2.08. The number of amides is 1. The molecule has 1 aromatic heterocycles. The molecule has 0 atom stereocenters. The predicted octanol–water partition coefficient (Wildman–Crippen LogP) is 4.39. The minimum Gasteiger partial charge on any atom is -0.332 e. The molecule has 0 saturated heterocycles. The van der Waals surface area contributed by atoms with Gasteiger partial charge in [0.2, 0.25) is 11.0 Å². The number of aryl methyl sites for hydroxylation is 1. The summed E-state index contributed by atoms with van der Waals surface area (Å²) in [4.78, 5) is 13.0.